The van der Waals surface area contributed by atoms with E-state index < -0.39 is 0 Å². The molecular weight excluding hydrogens is 256 g/mol. The van der Waals surface area contributed by atoms with Crippen molar-refractivity contribution >= 4 is 22.3 Å². The number of rotatable bonds is 3. The predicted molar refractivity (Wildman–Crippen MR) is 78.1 cm³/mol. The monoisotopic (exact) mass is 272 g/mol. The van der Waals surface area contributed by atoms with Crippen LogP contribution in [0, 0.1) is 10.1 Å². The normalized spacial score (nSPS) is 18.4. The SMILES string of the molecule is CN(c1ccc2ncccc2c1[N+](=O)[O-])C1CCNC1. The third-order valence-electron chi connectivity index (χ3n) is 3.88. The molecule has 0 bridgehead atoms. The van der Waals surface area contributed by atoms with Crippen LogP contribution in [-0.2, 0) is 0 Å². The zero-order valence-electron chi connectivity index (χ0n) is 11.2. The minimum atomic E-state index is -0.307. The fourth-order valence-electron chi connectivity index (χ4n) is 2.77. The third kappa shape index (κ3) is 2.08. The van der Waals surface area contributed by atoms with E-state index in [0.717, 1.165) is 19.5 Å². The second kappa shape index (κ2) is 5.05. The molecule has 1 saturated heterocycles. The molecule has 1 aromatic carbocycles. The maximum Gasteiger partial charge on any atom is 0.301 e. The molecule has 1 unspecified atom stereocenters. The molecule has 0 amide bonds. The van der Waals surface area contributed by atoms with Crippen LogP contribution >= 0.6 is 0 Å². The first-order chi connectivity index (χ1) is 9.68. The Kier molecular flexibility index (Phi) is 3.23. The van der Waals surface area contributed by atoms with Crippen LogP contribution in [0.25, 0.3) is 10.9 Å². The average molecular weight is 272 g/mol. The lowest BCUT2D eigenvalue weighted by Gasteiger charge is -2.25. The second-order valence-electron chi connectivity index (χ2n) is 5.02. The van der Waals surface area contributed by atoms with Gasteiger partial charge in [-0.1, -0.05) is 0 Å². The van der Waals surface area contributed by atoms with Crippen LogP contribution in [0.5, 0.6) is 0 Å². The molecule has 0 saturated carbocycles. The van der Waals surface area contributed by atoms with Gasteiger partial charge in [-0.25, -0.2) is 0 Å². The highest BCUT2D eigenvalue weighted by Gasteiger charge is 2.27. The summed E-state index contributed by atoms with van der Waals surface area (Å²) in [5, 5.41) is 15.4. The van der Waals surface area contributed by atoms with Gasteiger partial charge in [0.1, 0.15) is 5.69 Å². The Morgan fingerprint density at radius 2 is 2.30 bits per heavy atom. The van der Waals surface area contributed by atoms with E-state index >= 15 is 0 Å². The minimum absolute atomic E-state index is 0.144. The molecule has 1 aliphatic rings. The van der Waals surface area contributed by atoms with Gasteiger partial charge in [0, 0.05) is 25.8 Å². The maximum absolute atomic E-state index is 11.5. The maximum atomic E-state index is 11.5. The number of aromatic nitrogens is 1. The van der Waals surface area contributed by atoms with Crippen molar-refractivity contribution in [3.63, 3.8) is 0 Å². The molecule has 1 atom stereocenters. The van der Waals surface area contributed by atoms with E-state index in [-0.39, 0.29) is 10.6 Å². The molecule has 6 heteroatoms. The van der Waals surface area contributed by atoms with Crippen LogP contribution in [0.15, 0.2) is 30.5 Å². The summed E-state index contributed by atoms with van der Waals surface area (Å²) in [5.74, 6) is 0. The second-order valence-corrected chi connectivity index (χ2v) is 5.02. The predicted octanol–water partition coefficient (Wildman–Crippen LogP) is 1.94. The molecule has 1 N–H and O–H groups in total. The van der Waals surface area contributed by atoms with E-state index in [1.165, 1.54) is 0 Å². The van der Waals surface area contributed by atoms with Crippen molar-refractivity contribution in [3.05, 3.63) is 40.6 Å². The Hall–Kier alpha value is -2.21. The van der Waals surface area contributed by atoms with Crippen LogP contribution < -0.4 is 10.2 Å². The fraction of sp³-hybridized carbons (Fsp3) is 0.357. The van der Waals surface area contributed by atoms with E-state index in [0.29, 0.717) is 22.6 Å². The molecule has 1 aromatic heterocycles. The number of hydrogen-bond acceptors (Lipinski definition) is 5. The largest absolute Gasteiger partial charge is 0.365 e. The molecule has 3 rings (SSSR count). The van der Waals surface area contributed by atoms with Crippen LogP contribution in [0.4, 0.5) is 11.4 Å². The summed E-state index contributed by atoms with van der Waals surface area (Å²) >= 11 is 0. The highest BCUT2D eigenvalue weighted by atomic mass is 16.6. The highest BCUT2D eigenvalue weighted by molar-refractivity contribution is 5.94. The number of fused-ring (bicyclic) bond motifs is 1. The molecule has 0 spiro atoms. The smallest absolute Gasteiger partial charge is 0.301 e. The Bertz CT molecular complexity index is 653. The van der Waals surface area contributed by atoms with Crippen molar-refractivity contribution in [2.24, 2.45) is 0 Å². The number of benzene rings is 1. The molecule has 2 aromatic rings. The number of likely N-dealkylation sites (N-methyl/N-ethyl adjacent to an activating group) is 1. The molecule has 1 aliphatic heterocycles. The van der Waals surface area contributed by atoms with Gasteiger partial charge in [-0.3, -0.25) is 15.1 Å². The molecule has 0 radical (unpaired) electrons. The zero-order valence-corrected chi connectivity index (χ0v) is 11.2. The van der Waals surface area contributed by atoms with E-state index in [9.17, 15) is 10.1 Å². The Labute approximate surface area is 116 Å². The lowest BCUT2D eigenvalue weighted by atomic mass is 10.1. The Balaban J connectivity index is 2.14. The molecule has 6 nitrogen and oxygen atoms in total. The molecule has 1 fully saturated rings. The van der Waals surface area contributed by atoms with Crippen molar-refractivity contribution in [1.82, 2.24) is 10.3 Å². The van der Waals surface area contributed by atoms with Crippen LogP contribution in [-0.4, -0.2) is 36.1 Å². The van der Waals surface area contributed by atoms with Gasteiger partial charge in [0.25, 0.3) is 0 Å². The minimum Gasteiger partial charge on any atom is -0.365 e. The van der Waals surface area contributed by atoms with Crippen molar-refractivity contribution < 1.29 is 4.92 Å². The first-order valence-electron chi connectivity index (χ1n) is 6.64. The average Bonchev–Trinajstić information content (AvgIpc) is 2.99. The molecule has 0 aliphatic carbocycles. The van der Waals surface area contributed by atoms with Crippen molar-refractivity contribution in [3.8, 4) is 0 Å². The number of anilines is 1. The van der Waals surface area contributed by atoms with Crippen molar-refractivity contribution in [2.45, 2.75) is 12.5 Å². The first kappa shape index (κ1) is 12.8. The third-order valence-corrected chi connectivity index (χ3v) is 3.88. The van der Waals surface area contributed by atoms with E-state index in [4.69, 9.17) is 0 Å². The summed E-state index contributed by atoms with van der Waals surface area (Å²) in [6.45, 7) is 1.82. The summed E-state index contributed by atoms with van der Waals surface area (Å²) in [6.07, 6.45) is 2.65. The van der Waals surface area contributed by atoms with Crippen molar-refractivity contribution in [2.75, 3.05) is 25.0 Å². The quantitative estimate of drug-likeness (QED) is 0.683. The summed E-state index contributed by atoms with van der Waals surface area (Å²) < 4.78 is 0. The Morgan fingerprint density at radius 3 is 3.00 bits per heavy atom. The van der Waals surface area contributed by atoms with Crippen LogP contribution in [0.3, 0.4) is 0 Å². The topological polar surface area (TPSA) is 71.3 Å². The van der Waals surface area contributed by atoms with Gasteiger partial charge in [-0.05, 0) is 37.2 Å². The van der Waals surface area contributed by atoms with Gasteiger partial charge in [-0.2, -0.15) is 0 Å². The molecule has 20 heavy (non-hydrogen) atoms. The zero-order chi connectivity index (χ0) is 14.1. The summed E-state index contributed by atoms with van der Waals surface area (Å²) in [7, 11) is 1.92. The van der Waals surface area contributed by atoms with E-state index in [1.54, 1.807) is 24.4 Å². The summed E-state index contributed by atoms with van der Waals surface area (Å²) in [5.41, 5.74) is 1.45. The molecule has 2 heterocycles. The lowest BCUT2D eigenvalue weighted by Crippen LogP contribution is -2.33. The van der Waals surface area contributed by atoms with E-state index in [2.05, 4.69) is 10.3 Å². The standard InChI is InChI=1S/C14H16N4O2/c1-17(10-6-8-15-9-10)13-5-4-12-11(3-2-7-16-12)14(13)18(19)20/h2-5,7,10,15H,6,8-9H2,1H3. The molecule has 104 valence electrons. The summed E-state index contributed by atoms with van der Waals surface area (Å²) in [6, 6.07) is 7.42. The van der Waals surface area contributed by atoms with Crippen LogP contribution in [0.1, 0.15) is 6.42 Å². The van der Waals surface area contributed by atoms with E-state index in [1.807, 2.05) is 18.0 Å². The number of nitro groups is 1. The number of pyridine rings is 1. The van der Waals surface area contributed by atoms with Gasteiger partial charge in [-0.15, -0.1) is 0 Å². The number of hydrogen-bond donors (Lipinski definition) is 1. The van der Waals surface area contributed by atoms with Gasteiger partial charge in [0.15, 0.2) is 0 Å². The Morgan fingerprint density at radius 1 is 1.45 bits per heavy atom. The molecular formula is C14H16N4O2. The van der Waals surface area contributed by atoms with Gasteiger partial charge < -0.3 is 10.2 Å². The number of nitrogens with zero attached hydrogens (tertiary/aromatic N) is 3. The number of nitrogens with one attached hydrogen (secondary N) is 1. The van der Waals surface area contributed by atoms with Gasteiger partial charge >= 0.3 is 5.69 Å². The number of nitro benzene ring substituents is 1. The van der Waals surface area contributed by atoms with Crippen LogP contribution in [0.2, 0.25) is 0 Å². The van der Waals surface area contributed by atoms with Gasteiger partial charge in [0.2, 0.25) is 0 Å². The summed E-state index contributed by atoms with van der Waals surface area (Å²) in [4.78, 5) is 17.4. The highest BCUT2D eigenvalue weighted by Crippen LogP contribution is 2.35. The lowest BCUT2D eigenvalue weighted by molar-refractivity contribution is -0.382. The fourth-order valence-corrected chi connectivity index (χ4v) is 2.77. The van der Waals surface area contributed by atoms with Crippen molar-refractivity contribution in [1.29, 1.82) is 0 Å². The van der Waals surface area contributed by atoms with Gasteiger partial charge in [0.05, 0.1) is 15.8 Å². The first-order valence-corrected chi connectivity index (χ1v) is 6.64.